The van der Waals surface area contributed by atoms with E-state index in [1.54, 1.807) is 23.5 Å². The number of aryl methyl sites for hydroxylation is 1. The van der Waals surface area contributed by atoms with Crippen molar-refractivity contribution >= 4 is 33.7 Å². The zero-order valence-electron chi connectivity index (χ0n) is 14.7. The summed E-state index contributed by atoms with van der Waals surface area (Å²) in [6.07, 6.45) is 4.56. The molecule has 4 aromatic rings. The van der Waals surface area contributed by atoms with E-state index in [1.807, 2.05) is 43.6 Å². The molecule has 0 unspecified atom stereocenters. The van der Waals surface area contributed by atoms with Crippen LogP contribution in [0.3, 0.4) is 0 Å². The topological polar surface area (TPSA) is 86.6 Å². The number of anilines is 2. The number of thiazole rings is 1. The Bertz CT molecular complexity index is 1120. The molecule has 2 N–H and O–H groups in total. The highest BCUT2D eigenvalue weighted by molar-refractivity contribution is 7.11. The molecule has 0 aliphatic carbocycles. The highest BCUT2D eigenvalue weighted by Gasteiger charge is 2.06. The molecule has 4 rings (SSSR count). The van der Waals surface area contributed by atoms with Crippen LogP contribution < -0.4 is 10.1 Å². The summed E-state index contributed by atoms with van der Waals surface area (Å²) in [6.45, 7) is 2.50. The summed E-state index contributed by atoms with van der Waals surface area (Å²) in [5.41, 5.74) is 2.23. The van der Waals surface area contributed by atoms with Gasteiger partial charge in [0.05, 0.1) is 11.6 Å². The van der Waals surface area contributed by atoms with Gasteiger partial charge in [0.2, 0.25) is 0 Å². The third-order valence-corrected chi connectivity index (χ3v) is 5.00. The minimum absolute atomic E-state index is 0.310. The lowest BCUT2D eigenvalue weighted by molar-refractivity contribution is 0.322. The number of hydrogen-bond acceptors (Lipinski definition) is 6. The Labute approximate surface area is 160 Å². The average molecular weight is 375 g/mol. The van der Waals surface area contributed by atoms with E-state index < -0.39 is 0 Å². The third kappa shape index (κ3) is 4.07. The largest absolute Gasteiger partial charge is 0.493 e. The van der Waals surface area contributed by atoms with Gasteiger partial charge in [0, 0.05) is 47.0 Å². The molecule has 0 saturated heterocycles. The number of fused-ring (bicyclic) bond motifs is 1. The van der Waals surface area contributed by atoms with E-state index in [-0.39, 0.29) is 0 Å². The predicted molar refractivity (Wildman–Crippen MR) is 107 cm³/mol. The van der Waals surface area contributed by atoms with Crippen LogP contribution >= 0.6 is 11.3 Å². The molecule has 0 spiro atoms. The van der Waals surface area contributed by atoms with Crippen LogP contribution in [0.2, 0.25) is 0 Å². The maximum absolute atomic E-state index is 9.26. The number of H-pyrrole nitrogens is 1. The summed E-state index contributed by atoms with van der Waals surface area (Å²) in [6, 6.07) is 13.6. The Morgan fingerprint density at radius 2 is 2.19 bits per heavy atom. The van der Waals surface area contributed by atoms with Gasteiger partial charge in [0.25, 0.3) is 0 Å². The molecule has 0 saturated carbocycles. The molecule has 1 aromatic carbocycles. The number of benzene rings is 1. The molecule has 6 nitrogen and oxygen atoms in total. The van der Waals surface area contributed by atoms with Gasteiger partial charge in [0.15, 0.2) is 0 Å². The lowest BCUT2D eigenvalue weighted by Crippen LogP contribution is -2.02. The van der Waals surface area contributed by atoms with Gasteiger partial charge in [-0.1, -0.05) is 6.07 Å². The summed E-state index contributed by atoms with van der Waals surface area (Å²) in [5.74, 6) is 1.19. The molecule has 0 fully saturated rings. The van der Waals surface area contributed by atoms with E-state index in [0.717, 1.165) is 28.0 Å². The maximum atomic E-state index is 9.26. The molecule has 0 atom stereocenters. The molecule has 0 amide bonds. The van der Waals surface area contributed by atoms with Crippen molar-refractivity contribution in [2.75, 3.05) is 11.9 Å². The van der Waals surface area contributed by atoms with Crippen LogP contribution in [0, 0.1) is 18.3 Å². The van der Waals surface area contributed by atoms with E-state index >= 15 is 0 Å². The normalized spacial score (nSPS) is 10.7. The van der Waals surface area contributed by atoms with Gasteiger partial charge in [-0.2, -0.15) is 5.26 Å². The molecule has 0 aliphatic heterocycles. The smallest absolute Gasteiger partial charge is 0.146 e. The Balaban J connectivity index is 1.48. The average Bonchev–Trinajstić information content (AvgIpc) is 3.30. The van der Waals surface area contributed by atoms with Crippen LogP contribution in [0.15, 0.2) is 48.8 Å². The lowest BCUT2D eigenvalue weighted by atomic mass is 10.2. The van der Waals surface area contributed by atoms with Gasteiger partial charge >= 0.3 is 0 Å². The summed E-state index contributed by atoms with van der Waals surface area (Å²) in [4.78, 5) is 12.9. The minimum Gasteiger partial charge on any atom is -0.493 e. The zero-order valence-corrected chi connectivity index (χ0v) is 15.5. The summed E-state index contributed by atoms with van der Waals surface area (Å²) >= 11 is 1.67. The predicted octanol–water partition coefficient (Wildman–Crippen LogP) is 4.56. The molecule has 27 heavy (non-hydrogen) atoms. The van der Waals surface area contributed by atoms with E-state index in [1.165, 1.54) is 4.88 Å². The molecule has 7 heteroatoms. The number of aromatic nitrogens is 3. The second kappa shape index (κ2) is 7.48. The summed E-state index contributed by atoms with van der Waals surface area (Å²) < 4.78 is 5.84. The van der Waals surface area contributed by atoms with Crippen molar-refractivity contribution in [2.45, 2.75) is 13.3 Å². The van der Waals surface area contributed by atoms with Crippen LogP contribution in [0.4, 0.5) is 11.5 Å². The first-order valence-corrected chi connectivity index (χ1v) is 9.32. The van der Waals surface area contributed by atoms with Crippen molar-refractivity contribution in [1.29, 1.82) is 5.26 Å². The van der Waals surface area contributed by atoms with Crippen molar-refractivity contribution in [3.8, 4) is 11.8 Å². The van der Waals surface area contributed by atoms with Crippen LogP contribution in [0.1, 0.15) is 15.6 Å². The first-order valence-electron chi connectivity index (χ1n) is 8.50. The lowest BCUT2D eigenvalue weighted by Gasteiger charge is -2.10. The van der Waals surface area contributed by atoms with Gasteiger partial charge < -0.3 is 15.0 Å². The van der Waals surface area contributed by atoms with Crippen LogP contribution in [0.5, 0.6) is 5.75 Å². The molecule has 0 radical (unpaired) electrons. The Morgan fingerprint density at radius 3 is 3.00 bits per heavy atom. The SMILES string of the molecule is Cc1ncc(CCOc2cc(C#N)nc(Nc3ccc4cc[nH]c4c3)c2)s1. The maximum Gasteiger partial charge on any atom is 0.146 e. The minimum atomic E-state index is 0.310. The zero-order chi connectivity index (χ0) is 18.6. The first kappa shape index (κ1) is 17.1. The van der Waals surface area contributed by atoms with E-state index in [9.17, 15) is 5.26 Å². The van der Waals surface area contributed by atoms with Crippen molar-refractivity contribution in [3.63, 3.8) is 0 Å². The fraction of sp³-hybridized carbons (Fsp3) is 0.150. The molecule has 3 aromatic heterocycles. The second-order valence-electron chi connectivity index (χ2n) is 6.03. The Hall–Kier alpha value is -3.37. The molecular formula is C20H17N5OS. The van der Waals surface area contributed by atoms with Gasteiger partial charge in [-0.25, -0.2) is 9.97 Å². The van der Waals surface area contributed by atoms with E-state index in [4.69, 9.17) is 4.74 Å². The van der Waals surface area contributed by atoms with Crippen molar-refractivity contribution in [1.82, 2.24) is 15.0 Å². The number of rotatable bonds is 6. The number of pyridine rings is 1. The molecule has 0 aliphatic rings. The first-order chi connectivity index (χ1) is 13.2. The highest BCUT2D eigenvalue weighted by Crippen LogP contribution is 2.24. The van der Waals surface area contributed by atoms with Crippen LogP contribution in [-0.4, -0.2) is 21.6 Å². The van der Waals surface area contributed by atoms with Crippen molar-refractivity contribution in [3.05, 3.63) is 64.4 Å². The number of ether oxygens (including phenoxy) is 1. The monoisotopic (exact) mass is 375 g/mol. The van der Waals surface area contributed by atoms with Gasteiger partial charge in [0.1, 0.15) is 23.3 Å². The fourth-order valence-electron chi connectivity index (χ4n) is 2.77. The van der Waals surface area contributed by atoms with Gasteiger partial charge in [-0.15, -0.1) is 11.3 Å². The second-order valence-corrected chi connectivity index (χ2v) is 7.35. The molecular weight excluding hydrogens is 358 g/mol. The number of nitrogens with zero attached hydrogens (tertiary/aromatic N) is 3. The van der Waals surface area contributed by atoms with E-state index in [0.29, 0.717) is 23.9 Å². The number of nitrogens with one attached hydrogen (secondary N) is 2. The van der Waals surface area contributed by atoms with Gasteiger partial charge in [-0.05, 0) is 30.5 Å². The quantitative estimate of drug-likeness (QED) is 0.516. The Morgan fingerprint density at radius 1 is 1.26 bits per heavy atom. The van der Waals surface area contributed by atoms with Crippen LogP contribution in [-0.2, 0) is 6.42 Å². The van der Waals surface area contributed by atoms with Crippen molar-refractivity contribution < 1.29 is 4.74 Å². The summed E-state index contributed by atoms with van der Waals surface area (Å²) in [5, 5.41) is 14.7. The fourth-order valence-corrected chi connectivity index (χ4v) is 3.55. The molecule has 0 bridgehead atoms. The number of hydrogen-bond donors (Lipinski definition) is 2. The number of aromatic amines is 1. The molecule has 134 valence electrons. The van der Waals surface area contributed by atoms with E-state index in [2.05, 4.69) is 26.3 Å². The van der Waals surface area contributed by atoms with Gasteiger partial charge in [-0.3, -0.25) is 0 Å². The van der Waals surface area contributed by atoms with Crippen LogP contribution in [0.25, 0.3) is 10.9 Å². The Kier molecular flexibility index (Phi) is 4.73. The standard InChI is InChI=1S/C20H17N5OS/c1-13-23-12-18(27-13)5-7-26-17-8-16(11-21)25-20(10-17)24-15-3-2-14-4-6-22-19(14)9-15/h2-4,6,8-10,12,22H,5,7H2,1H3,(H,24,25). The summed E-state index contributed by atoms with van der Waals surface area (Å²) in [7, 11) is 0. The molecule has 3 heterocycles. The van der Waals surface area contributed by atoms with Crippen molar-refractivity contribution in [2.24, 2.45) is 0 Å². The highest BCUT2D eigenvalue weighted by atomic mass is 32.1. The third-order valence-electron chi connectivity index (χ3n) is 4.03. The number of nitriles is 1.